The molecule has 1 aliphatic rings. The molecule has 7 heteroatoms. The summed E-state index contributed by atoms with van der Waals surface area (Å²) >= 11 is 0. The summed E-state index contributed by atoms with van der Waals surface area (Å²) in [7, 11) is 0. The van der Waals surface area contributed by atoms with E-state index in [1.54, 1.807) is 4.90 Å². The Hall–Kier alpha value is -1.73. The molecule has 0 radical (unpaired) electrons. The Morgan fingerprint density at radius 3 is 2.55 bits per heavy atom. The number of halogens is 2. The zero-order valence-corrected chi connectivity index (χ0v) is 11.1. The molecule has 1 fully saturated rings. The molecule has 2 rings (SSSR count). The van der Waals surface area contributed by atoms with Crippen molar-refractivity contribution in [3.05, 3.63) is 29.8 Å². The second-order valence-electron chi connectivity index (χ2n) is 4.67. The molecule has 5 nitrogen and oxygen atoms in total. The summed E-state index contributed by atoms with van der Waals surface area (Å²) in [5.41, 5.74) is 5.46. The Morgan fingerprint density at radius 2 is 1.95 bits per heavy atom. The number of anilines is 1. The van der Waals surface area contributed by atoms with Crippen LogP contribution in [0.4, 0.5) is 19.3 Å². The molecule has 0 bridgehead atoms. The first kappa shape index (κ1) is 14.7. The minimum absolute atomic E-state index is 0.0132. The van der Waals surface area contributed by atoms with Crippen molar-refractivity contribution >= 4 is 11.7 Å². The lowest BCUT2D eigenvalue weighted by molar-refractivity contribution is 0.149. The minimum atomic E-state index is -0.778. The SMILES string of the molecule is NCCN1CCN(C(=O)Nc2ccc(F)cc2F)CC1. The Labute approximate surface area is 116 Å². The van der Waals surface area contributed by atoms with Crippen molar-refractivity contribution in [2.75, 3.05) is 44.6 Å². The molecule has 1 aliphatic heterocycles. The topological polar surface area (TPSA) is 61.6 Å². The predicted octanol–water partition coefficient (Wildman–Crippen LogP) is 1.07. The molecule has 20 heavy (non-hydrogen) atoms. The molecule has 1 aromatic rings. The number of nitrogens with zero attached hydrogens (tertiary/aromatic N) is 2. The average Bonchev–Trinajstić information content (AvgIpc) is 2.43. The van der Waals surface area contributed by atoms with Crippen molar-refractivity contribution in [3.8, 4) is 0 Å². The fourth-order valence-electron chi connectivity index (χ4n) is 2.14. The summed E-state index contributed by atoms with van der Waals surface area (Å²) in [6, 6.07) is 2.70. The first-order chi connectivity index (χ1) is 9.60. The van der Waals surface area contributed by atoms with E-state index in [1.165, 1.54) is 6.07 Å². The Kier molecular flexibility index (Phi) is 4.86. The lowest BCUT2D eigenvalue weighted by Crippen LogP contribution is -2.50. The van der Waals surface area contributed by atoms with Crippen LogP contribution in [0.5, 0.6) is 0 Å². The first-order valence-electron chi connectivity index (χ1n) is 6.53. The molecule has 0 spiro atoms. The molecule has 0 aliphatic carbocycles. The van der Waals surface area contributed by atoms with Crippen molar-refractivity contribution in [2.24, 2.45) is 5.73 Å². The lowest BCUT2D eigenvalue weighted by atomic mass is 10.3. The van der Waals surface area contributed by atoms with Crippen molar-refractivity contribution in [1.29, 1.82) is 0 Å². The number of benzene rings is 1. The van der Waals surface area contributed by atoms with E-state index in [2.05, 4.69) is 10.2 Å². The maximum atomic E-state index is 13.4. The molecular weight excluding hydrogens is 266 g/mol. The number of piperazine rings is 1. The molecule has 2 amide bonds. The van der Waals surface area contributed by atoms with Crippen LogP contribution in [0, 0.1) is 11.6 Å². The quantitative estimate of drug-likeness (QED) is 0.873. The van der Waals surface area contributed by atoms with Gasteiger partial charge in [0, 0.05) is 45.3 Å². The van der Waals surface area contributed by atoms with Crippen LogP contribution < -0.4 is 11.1 Å². The summed E-state index contributed by atoms with van der Waals surface area (Å²) in [5.74, 6) is -1.45. The number of urea groups is 1. The van der Waals surface area contributed by atoms with E-state index in [9.17, 15) is 13.6 Å². The third-order valence-corrected chi connectivity index (χ3v) is 3.28. The number of rotatable bonds is 3. The predicted molar refractivity (Wildman–Crippen MR) is 72.4 cm³/mol. The van der Waals surface area contributed by atoms with Crippen molar-refractivity contribution in [3.63, 3.8) is 0 Å². The molecule has 0 saturated carbocycles. The highest BCUT2D eigenvalue weighted by molar-refractivity contribution is 5.89. The van der Waals surface area contributed by atoms with Gasteiger partial charge in [-0.2, -0.15) is 0 Å². The number of amides is 2. The van der Waals surface area contributed by atoms with Crippen molar-refractivity contribution in [1.82, 2.24) is 9.80 Å². The van der Waals surface area contributed by atoms with Gasteiger partial charge in [0.15, 0.2) is 0 Å². The summed E-state index contributed by atoms with van der Waals surface area (Å²) in [4.78, 5) is 15.8. The molecule has 110 valence electrons. The van der Waals surface area contributed by atoms with Crippen LogP contribution in [0.3, 0.4) is 0 Å². The van der Waals surface area contributed by atoms with Gasteiger partial charge in [0.2, 0.25) is 0 Å². The van der Waals surface area contributed by atoms with E-state index >= 15 is 0 Å². The van der Waals surface area contributed by atoms with E-state index in [4.69, 9.17) is 5.73 Å². The molecule has 0 atom stereocenters. The molecular formula is C13H18F2N4O. The number of carbonyl (C=O) groups excluding carboxylic acids is 1. The van der Waals surface area contributed by atoms with E-state index < -0.39 is 11.6 Å². The number of nitrogens with two attached hydrogens (primary N) is 1. The van der Waals surface area contributed by atoms with Crippen molar-refractivity contribution in [2.45, 2.75) is 0 Å². The molecule has 1 saturated heterocycles. The Balaban J connectivity index is 1.89. The average molecular weight is 284 g/mol. The van der Waals surface area contributed by atoms with Gasteiger partial charge < -0.3 is 16.0 Å². The van der Waals surface area contributed by atoms with Gasteiger partial charge in [-0.1, -0.05) is 0 Å². The van der Waals surface area contributed by atoms with E-state index in [1.807, 2.05) is 0 Å². The van der Waals surface area contributed by atoms with E-state index in [0.29, 0.717) is 19.6 Å². The summed E-state index contributed by atoms with van der Waals surface area (Å²) in [6.07, 6.45) is 0. The van der Waals surface area contributed by atoms with Crippen LogP contribution in [-0.4, -0.2) is 55.1 Å². The van der Waals surface area contributed by atoms with Crippen LogP contribution in [0.15, 0.2) is 18.2 Å². The second kappa shape index (κ2) is 6.62. The zero-order chi connectivity index (χ0) is 14.5. The van der Waals surface area contributed by atoms with Crippen LogP contribution in [0.1, 0.15) is 0 Å². The van der Waals surface area contributed by atoms with Crippen LogP contribution in [0.2, 0.25) is 0 Å². The largest absolute Gasteiger partial charge is 0.329 e. The minimum Gasteiger partial charge on any atom is -0.329 e. The molecule has 0 unspecified atom stereocenters. The Morgan fingerprint density at radius 1 is 1.25 bits per heavy atom. The van der Waals surface area contributed by atoms with Crippen LogP contribution in [-0.2, 0) is 0 Å². The van der Waals surface area contributed by atoms with Gasteiger partial charge in [0.25, 0.3) is 0 Å². The molecule has 1 heterocycles. The van der Waals surface area contributed by atoms with Gasteiger partial charge in [-0.25, -0.2) is 13.6 Å². The maximum Gasteiger partial charge on any atom is 0.322 e. The van der Waals surface area contributed by atoms with Gasteiger partial charge >= 0.3 is 6.03 Å². The summed E-state index contributed by atoms with van der Waals surface area (Å²) in [5, 5.41) is 2.46. The zero-order valence-electron chi connectivity index (χ0n) is 11.1. The van der Waals surface area contributed by atoms with Crippen LogP contribution >= 0.6 is 0 Å². The van der Waals surface area contributed by atoms with E-state index in [0.717, 1.165) is 31.8 Å². The van der Waals surface area contributed by atoms with Crippen LogP contribution in [0.25, 0.3) is 0 Å². The fourth-order valence-corrected chi connectivity index (χ4v) is 2.14. The van der Waals surface area contributed by atoms with Gasteiger partial charge in [-0.3, -0.25) is 4.90 Å². The fraction of sp³-hybridized carbons (Fsp3) is 0.462. The molecule has 1 aromatic carbocycles. The van der Waals surface area contributed by atoms with Gasteiger partial charge in [-0.05, 0) is 12.1 Å². The first-order valence-corrected chi connectivity index (χ1v) is 6.53. The van der Waals surface area contributed by atoms with Gasteiger partial charge in [-0.15, -0.1) is 0 Å². The maximum absolute atomic E-state index is 13.4. The highest BCUT2D eigenvalue weighted by Crippen LogP contribution is 2.16. The van der Waals surface area contributed by atoms with Gasteiger partial charge in [0.05, 0.1) is 5.69 Å². The van der Waals surface area contributed by atoms with Gasteiger partial charge in [0.1, 0.15) is 11.6 Å². The van der Waals surface area contributed by atoms with E-state index in [-0.39, 0.29) is 11.7 Å². The highest BCUT2D eigenvalue weighted by atomic mass is 19.1. The number of hydrogen-bond acceptors (Lipinski definition) is 3. The summed E-state index contributed by atoms with van der Waals surface area (Å²) in [6.45, 7) is 4.02. The second-order valence-corrected chi connectivity index (χ2v) is 4.67. The molecule has 3 N–H and O–H groups in total. The smallest absolute Gasteiger partial charge is 0.322 e. The summed E-state index contributed by atoms with van der Waals surface area (Å²) < 4.78 is 26.2. The Bertz CT molecular complexity index is 475. The monoisotopic (exact) mass is 284 g/mol. The highest BCUT2D eigenvalue weighted by Gasteiger charge is 2.21. The lowest BCUT2D eigenvalue weighted by Gasteiger charge is -2.34. The third kappa shape index (κ3) is 3.64. The standard InChI is InChI=1S/C13H18F2N4O/c14-10-1-2-12(11(15)9-10)17-13(20)19-7-5-18(4-3-16)6-8-19/h1-2,9H,3-8,16H2,(H,17,20). The van der Waals surface area contributed by atoms with Crippen molar-refractivity contribution < 1.29 is 13.6 Å². The number of hydrogen-bond donors (Lipinski definition) is 2. The molecule has 0 aromatic heterocycles. The number of carbonyl (C=O) groups is 1. The third-order valence-electron chi connectivity index (χ3n) is 3.28. The normalized spacial score (nSPS) is 16.2. The number of nitrogens with one attached hydrogen (secondary N) is 1.